The molecule has 2 heteroatoms. The van der Waals surface area contributed by atoms with Gasteiger partial charge in [-0.05, 0) is 44.1 Å². The van der Waals surface area contributed by atoms with Gasteiger partial charge in [-0.25, -0.2) is 0 Å². The van der Waals surface area contributed by atoms with Crippen LogP contribution in [0.2, 0.25) is 13.1 Å². The molecule has 76 valence electrons. The van der Waals surface area contributed by atoms with E-state index in [-0.39, 0.29) is 5.60 Å². The molecule has 0 atom stereocenters. The Hall–Kier alpha value is -0.603. The van der Waals surface area contributed by atoms with Gasteiger partial charge >= 0.3 is 0 Å². The number of rotatable bonds is 0. The quantitative estimate of drug-likeness (QED) is 0.592. The monoisotopic (exact) mass is 206 g/mol. The van der Waals surface area contributed by atoms with Crippen molar-refractivity contribution < 1.29 is 4.43 Å². The van der Waals surface area contributed by atoms with Gasteiger partial charge in [-0.15, -0.1) is 0 Å². The van der Waals surface area contributed by atoms with Crippen LogP contribution in [0, 0.1) is 0 Å². The maximum Gasteiger partial charge on any atom is 0.192 e. The van der Waals surface area contributed by atoms with Crippen LogP contribution in [0.4, 0.5) is 0 Å². The summed E-state index contributed by atoms with van der Waals surface area (Å²) in [7, 11) is -1.48. The molecular formula is C12H18OSi. The van der Waals surface area contributed by atoms with Crippen molar-refractivity contribution in [2.45, 2.75) is 38.6 Å². The molecule has 0 saturated heterocycles. The van der Waals surface area contributed by atoms with Gasteiger partial charge in [-0.2, -0.15) is 0 Å². The summed E-state index contributed by atoms with van der Waals surface area (Å²) in [5.41, 5.74) is 2.76. The van der Waals surface area contributed by atoms with Crippen LogP contribution in [0.15, 0.2) is 24.3 Å². The zero-order valence-electron chi connectivity index (χ0n) is 9.42. The van der Waals surface area contributed by atoms with E-state index < -0.39 is 8.32 Å². The molecule has 0 saturated carbocycles. The number of hydrogen-bond acceptors (Lipinski definition) is 1. The topological polar surface area (TPSA) is 9.23 Å². The zero-order chi connectivity index (χ0) is 10.4. The van der Waals surface area contributed by atoms with Crippen LogP contribution in [-0.2, 0) is 16.1 Å². The third-order valence-electron chi connectivity index (χ3n) is 2.81. The Morgan fingerprint density at radius 2 is 1.86 bits per heavy atom. The summed E-state index contributed by atoms with van der Waals surface area (Å²) in [6.45, 7) is 8.95. The third-order valence-corrected chi connectivity index (χ3v) is 5.11. The molecule has 0 amide bonds. The fraction of sp³-hybridized carbons (Fsp3) is 0.500. The fourth-order valence-electron chi connectivity index (χ4n) is 2.50. The van der Waals surface area contributed by atoms with Gasteiger partial charge in [0.25, 0.3) is 0 Å². The van der Waals surface area contributed by atoms with Gasteiger partial charge in [0.05, 0.1) is 5.60 Å². The minimum atomic E-state index is -1.48. The predicted molar refractivity (Wildman–Crippen MR) is 61.7 cm³/mol. The summed E-state index contributed by atoms with van der Waals surface area (Å²) in [6, 6.07) is 9.81. The second-order valence-corrected chi connectivity index (χ2v) is 9.28. The van der Waals surface area contributed by atoms with Crippen molar-refractivity contribution in [2.24, 2.45) is 0 Å². The molecule has 0 N–H and O–H groups in total. The van der Waals surface area contributed by atoms with Crippen LogP contribution >= 0.6 is 0 Å². The molecule has 2 rings (SSSR count). The Labute approximate surface area is 87.2 Å². The Morgan fingerprint density at radius 1 is 1.21 bits per heavy atom. The lowest BCUT2D eigenvalue weighted by atomic mass is 9.94. The first-order chi connectivity index (χ1) is 6.41. The van der Waals surface area contributed by atoms with E-state index in [1.807, 2.05) is 0 Å². The molecule has 0 radical (unpaired) electrons. The minimum absolute atomic E-state index is 0.0927. The Balaban J connectivity index is 2.52. The van der Waals surface area contributed by atoms with Gasteiger partial charge in [0.1, 0.15) is 0 Å². The third kappa shape index (κ3) is 1.64. The van der Waals surface area contributed by atoms with Gasteiger partial charge in [0, 0.05) is 0 Å². The Kier molecular flexibility index (Phi) is 2.09. The van der Waals surface area contributed by atoms with E-state index in [0.29, 0.717) is 0 Å². The maximum atomic E-state index is 6.23. The zero-order valence-corrected chi connectivity index (χ0v) is 10.4. The lowest BCUT2D eigenvalue weighted by molar-refractivity contribution is 0.0892. The first-order valence-corrected chi connectivity index (χ1v) is 8.31. The van der Waals surface area contributed by atoms with E-state index in [2.05, 4.69) is 51.2 Å². The SMILES string of the molecule is CC1(C)O[Si](C)(C)Cc2ccccc21. The fourth-order valence-corrected chi connectivity index (χ4v) is 5.29. The molecular weight excluding hydrogens is 188 g/mol. The van der Waals surface area contributed by atoms with Gasteiger partial charge in [0.15, 0.2) is 8.32 Å². The van der Waals surface area contributed by atoms with Gasteiger partial charge in [-0.1, -0.05) is 24.3 Å². The van der Waals surface area contributed by atoms with E-state index in [0.717, 1.165) is 6.04 Å². The molecule has 0 aromatic heterocycles. The smallest absolute Gasteiger partial charge is 0.192 e. The van der Waals surface area contributed by atoms with Crippen molar-refractivity contribution in [3.8, 4) is 0 Å². The van der Waals surface area contributed by atoms with Gasteiger partial charge in [0.2, 0.25) is 0 Å². The molecule has 0 aliphatic carbocycles. The first-order valence-electron chi connectivity index (χ1n) is 5.19. The number of fused-ring (bicyclic) bond motifs is 1. The molecule has 1 aliphatic rings. The average Bonchev–Trinajstić information content (AvgIpc) is 2.00. The van der Waals surface area contributed by atoms with E-state index in [1.54, 1.807) is 0 Å². The summed E-state index contributed by atoms with van der Waals surface area (Å²) in [5.74, 6) is 0. The summed E-state index contributed by atoms with van der Waals surface area (Å²) in [5, 5.41) is 0. The molecule has 1 aromatic rings. The van der Waals surface area contributed by atoms with Crippen LogP contribution in [0.3, 0.4) is 0 Å². The normalized spacial score (nSPS) is 22.9. The molecule has 14 heavy (non-hydrogen) atoms. The van der Waals surface area contributed by atoms with Crippen molar-refractivity contribution >= 4 is 8.32 Å². The second-order valence-electron chi connectivity index (χ2n) is 5.21. The summed E-state index contributed by atoms with van der Waals surface area (Å²) >= 11 is 0. The highest BCUT2D eigenvalue weighted by Gasteiger charge is 2.39. The summed E-state index contributed by atoms with van der Waals surface area (Å²) in [4.78, 5) is 0. The van der Waals surface area contributed by atoms with Gasteiger partial charge < -0.3 is 4.43 Å². The van der Waals surface area contributed by atoms with Crippen LogP contribution in [0.25, 0.3) is 0 Å². The van der Waals surface area contributed by atoms with Crippen molar-refractivity contribution in [3.05, 3.63) is 35.4 Å². The Morgan fingerprint density at radius 3 is 2.57 bits per heavy atom. The van der Waals surface area contributed by atoms with Crippen LogP contribution < -0.4 is 0 Å². The second kappa shape index (κ2) is 2.94. The minimum Gasteiger partial charge on any atom is -0.408 e. The molecule has 1 aromatic carbocycles. The highest BCUT2D eigenvalue weighted by Crippen LogP contribution is 2.37. The van der Waals surface area contributed by atoms with Crippen molar-refractivity contribution in [3.63, 3.8) is 0 Å². The standard InChI is InChI=1S/C12H18OSi/c1-12(2)11-8-6-5-7-10(11)9-14(3,4)13-12/h5-8H,9H2,1-4H3. The van der Waals surface area contributed by atoms with Gasteiger partial charge in [-0.3, -0.25) is 0 Å². The van der Waals surface area contributed by atoms with Crippen molar-refractivity contribution in [2.75, 3.05) is 0 Å². The molecule has 0 bridgehead atoms. The Bertz CT molecular complexity index is 355. The highest BCUT2D eigenvalue weighted by molar-refractivity contribution is 6.71. The molecule has 1 nitrogen and oxygen atoms in total. The molecule has 0 unspecified atom stereocenters. The molecule has 1 heterocycles. The summed E-state index contributed by atoms with van der Waals surface area (Å²) in [6.07, 6.45) is 0. The highest BCUT2D eigenvalue weighted by atomic mass is 28.4. The largest absolute Gasteiger partial charge is 0.408 e. The van der Waals surface area contributed by atoms with E-state index in [1.165, 1.54) is 11.1 Å². The predicted octanol–water partition coefficient (Wildman–Crippen LogP) is 3.24. The van der Waals surface area contributed by atoms with E-state index in [4.69, 9.17) is 4.43 Å². The summed E-state index contributed by atoms with van der Waals surface area (Å²) < 4.78 is 6.23. The van der Waals surface area contributed by atoms with Crippen LogP contribution in [-0.4, -0.2) is 8.32 Å². The van der Waals surface area contributed by atoms with Crippen LogP contribution in [0.1, 0.15) is 25.0 Å². The van der Waals surface area contributed by atoms with E-state index in [9.17, 15) is 0 Å². The lowest BCUT2D eigenvalue weighted by Crippen LogP contribution is -2.46. The molecule has 0 fully saturated rings. The van der Waals surface area contributed by atoms with E-state index >= 15 is 0 Å². The number of hydrogen-bond donors (Lipinski definition) is 0. The molecule has 0 spiro atoms. The first kappa shape index (κ1) is 9.93. The number of benzene rings is 1. The molecule has 1 aliphatic heterocycles. The van der Waals surface area contributed by atoms with Crippen molar-refractivity contribution in [1.29, 1.82) is 0 Å². The maximum absolute atomic E-state index is 6.23. The van der Waals surface area contributed by atoms with Crippen LogP contribution in [0.5, 0.6) is 0 Å². The van der Waals surface area contributed by atoms with Crippen molar-refractivity contribution in [1.82, 2.24) is 0 Å². The average molecular weight is 206 g/mol. The lowest BCUT2D eigenvalue weighted by Gasteiger charge is -2.41.